The van der Waals surface area contributed by atoms with Crippen LogP contribution >= 0.6 is 0 Å². The molecular weight excluding hydrogens is 273 g/mol. The summed E-state index contributed by atoms with van der Waals surface area (Å²) in [6.07, 6.45) is 5.59. The Labute approximate surface area is 123 Å². The Kier molecular flexibility index (Phi) is 7.89. The summed E-state index contributed by atoms with van der Waals surface area (Å²) in [7, 11) is 1.00. The second kappa shape index (κ2) is 9.77. The van der Waals surface area contributed by atoms with Gasteiger partial charge in [0.15, 0.2) is 0 Å². The quantitative estimate of drug-likeness (QED) is 0.777. The number of nitrogens with zero attached hydrogens (tertiary/aromatic N) is 2. The lowest BCUT2D eigenvalue weighted by molar-refractivity contribution is -0.111. The number of hydrogen-bond acceptors (Lipinski definition) is 5. The van der Waals surface area contributed by atoms with Crippen LogP contribution in [0.2, 0.25) is 0 Å². The molecule has 0 saturated heterocycles. The molecule has 1 aromatic carbocycles. The van der Waals surface area contributed by atoms with E-state index in [9.17, 15) is 9.18 Å². The van der Waals surface area contributed by atoms with Gasteiger partial charge in [0.1, 0.15) is 12.1 Å². The zero-order valence-corrected chi connectivity index (χ0v) is 12.0. The number of aliphatic hydroxyl groups is 1. The normalized spacial score (nSPS) is 18.1. The van der Waals surface area contributed by atoms with E-state index < -0.39 is 0 Å². The van der Waals surface area contributed by atoms with Gasteiger partial charge in [-0.3, -0.25) is 9.98 Å². The van der Waals surface area contributed by atoms with Crippen LogP contribution in [0.25, 0.3) is 0 Å². The molecule has 6 heteroatoms. The minimum atomic E-state index is -0.304. The molecule has 0 radical (unpaired) electrons. The molecule has 0 fully saturated rings. The zero-order valence-electron chi connectivity index (χ0n) is 12.0. The third kappa shape index (κ3) is 5.83. The highest BCUT2D eigenvalue weighted by Crippen LogP contribution is 2.15. The molecule has 114 valence electrons. The van der Waals surface area contributed by atoms with Crippen LogP contribution in [0.1, 0.15) is 18.4 Å². The maximum Gasteiger partial charge on any atom is 0.124 e. The Bertz CT molecular complexity index is 504. The maximum absolute atomic E-state index is 13.2. The highest BCUT2D eigenvalue weighted by atomic mass is 19.1. The summed E-state index contributed by atoms with van der Waals surface area (Å²) in [5.74, 6) is -0.317. The number of anilines is 1. The predicted molar refractivity (Wildman–Crippen MR) is 82.8 cm³/mol. The van der Waals surface area contributed by atoms with Gasteiger partial charge in [-0.05, 0) is 31.0 Å². The van der Waals surface area contributed by atoms with Crippen LogP contribution in [0.15, 0.2) is 28.2 Å². The van der Waals surface area contributed by atoms with Crippen molar-refractivity contribution in [3.8, 4) is 0 Å². The van der Waals surface area contributed by atoms with Gasteiger partial charge in [0.25, 0.3) is 0 Å². The SMILES string of the molecule is CO.O=CC1CCN=CNc2ccc(F)cc2C=NCC1. The number of benzene rings is 1. The monoisotopic (exact) mass is 293 g/mol. The zero-order chi connectivity index (χ0) is 15.5. The Morgan fingerprint density at radius 3 is 2.71 bits per heavy atom. The van der Waals surface area contributed by atoms with Crippen molar-refractivity contribution in [1.29, 1.82) is 0 Å². The molecular formula is C15H20FN3O2. The van der Waals surface area contributed by atoms with Crippen molar-refractivity contribution in [3.05, 3.63) is 29.6 Å². The fraction of sp³-hybridized carbons (Fsp3) is 0.400. The number of aliphatic hydroxyl groups excluding tert-OH is 1. The van der Waals surface area contributed by atoms with Gasteiger partial charge in [-0.1, -0.05) is 0 Å². The number of carbonyl (C=O) groups excluding carboxylic acids is 1. The molecule has 0 amide bonds. The van der Waals surface area contributed by atoms with Crippen LogP contribution in [-0.2, 0) is 4.79 Å². The Morgan fingerprint density at radius 1 is 1.29 bits per heavy atom. The van der Waals surface area contributed by atoms with Gasteiger partial charge in [0.05, 0.1) is 6.34 Å². The van der Waals surface area contributed by atoms with Crippen molar-refractivity contribution in [1.82, 2.24) is 0 Å². The van der Waals surface area contributed by atoms with Gasteiger partial charge in [-0.15, -0.1) is 0 Å². The van der Waals surface area contributed by atoms with Gasteiger partial charge in [0, 0.05) is 43.6 Å². The lowest BCUT2D eigenvalue weighted by Gasteiger charge is -2.09. The lowest BCUT2D eigenvalue weighted by Crippen LogP contribution is -2.08. The first-order valence-electron chi connectivity index (χ1n) is 6.74. The second-order valence-electron chi connectivity index (χ2n) is 4.42. The van der Waals surface area contributed by atoms with E-state index in [1.807, 2.05) is 0 Å². The molecule has 1 aromatic rings. The maximum atomic E-state index is 13.2. The molecule has 2 N–H and O–H groups in total. The van der Waals surface area contributed by atoms with Crippen LogP contribution < -0.4 is 5.32 Å². The summed E-state index contributed by atoms with van der Waals surface area (Å²) in [6, 6.07) is 4.47. The Morgan fingerprint density at radius 2 is 2.00 bits per heavy atom. The van der Waals surface area contributed by atoms with Gasteiger partial charge in [-0.2, -0.15) is 0 Å². The molecule has 0 spiro atoms. The molecule has 1 aliphatic rings. The van der Waals surface area contributed by atoms with E-state index in [2.05, 4.69) is 15.3 Å². The number of halogens is 1. The van der Waals surface area contributed by atoms with Gasteiger partial charge >= 0.3 is 0 Å². The predicted octanol–water partition coefficient (Wildman–Crippen LogP) is 1.90. The third-order valence-corrected chi connectivity index (χ3v) is 3.01. The van der Waals surface area contributed by atoms with Crippen molar-refractivity contribution < 1.29 is 14.3 Å². The van der Waals surface area contributed by atoms with E-state index in [1.54, 1.807) is 18.6 Å². The second-order valence-corrected chi connectivity index (χ2v) is 4.42. The van der Waals surface area contributed by atoms with Crippen LogP contribution in [0.3, 0.4) is 0 Å². The molecule has 0 aromatic heterocycles. The van der Waals surface area contributed by atoms with Crippen molar-refractivity contribution in [3.63, 3.8) is 0 Å². The van der Waals surface area contributed by atoms with Crippen molar-refractivity contribution in [2.24, 2.45) is 15.9 Å². The number of nitrogens with one attached hydrogen (secondary N) is 1. The average Bonchev–Trinajstić information content (AvgIpc) is 2.51. The number of fused-ring (bicyclic) bond motifs is 1. The number of aliphatic imine (C=N–C) groups is 2. The minimum absolute atomic E-state index is 0.0132. The lowest BCUT2D eigenvalue weighted by atomic mass is 10.0. The van der Waals surface area contributed by atoms with Crippen LogP contribution in [0, 0.1) is 11.7 Å². The van der Waals surface area contributed by atoms with E-state index in [0.29, 0.717) is 25.1 Å². The fourth-order valence-corrected chi connectivity index (χ4v) is 1.88. The number of aldehydes is 1. The third-order valence-electron chi connectivity index (χ3n) is 3.01. The average molecular weight is 293 g/mol. The summed E-state index contributed by atoms with van der Waals surface area (Å²) < 4.78 is 13.2. The van der Waals surface area contributed by atoms with Crippen molar-refractivity contribution >= 4 is 24.5 Å². The standard InChI is InChI=1S/C14H16FN3O.CH4O/c15-13-1-2-14-12(7-13)8-16-5-3-11(9-19)4-6-17-10-18-14;1-2/h1-2,7-11H,3-6H2,(H,17,18);2H,1H3. The summed E-state index contributed by atoms with van der Waals surface area (Å²) in [6.45, 7) is 1.15. The van der Waals surface area contributed by atoms with E-state index in [-0.39, 0.29) is 11.7 Å². The first-order chi connectivity index (χ1) is 10.3. The Balaban J connectivity index is 0.00000106. The molecule has 21 heavy (non-hydrogen) atoms. The first kappa shape index (κ1) is 17.0. The van der Waals surface area contributed by atoms with E-state index >= 15 is 0 Å². The highest BCUT2D eigenvalue weighted by Gasteiger charge is 2.07. The summed E-state index contributed by atoms with van der Waals surface area (Å²) >= 11 is 0. The van der Waals surface area contributed by atoms with Gasteiger partial charge in [0.2, 0.25) is 0 Å². The van der Waals surface area contributed by atoms with E-state index in [1.165, 1.54) is 12.1 Å². The summed E-state index contributed by atoms with van der Waals surface area (Å²) in [5.41, 5.74) is 1.44. The van der Waals surface area contributed by atoms with Crippen molar-refractivity contribution in [2.75, 3.05) is 25.5 Å². The van der Waals surface area contributed by atoms with Crippen LogP contribution in [-0.4, -0.2) is 44.1 Å². The molecule has 1 atom stereocenters. The highest BCUT2D eigenvalue weighted by molar-refractivity contribution is 5.92. The largest absolute Gasteiger partial charge is 0.400 e. The molecule has 5 nitrogen and oxygen atoms in total. The molecule has 0 bridgehead atoms. The Hall–Kier alpha value is -2.08. The van der Waals surface area contributed by atoms with E-state index in [0.717, 1.165) is 25.5 Å². The summed E-state index contributed by atoms with van der Waals surface area (Å²) in [5, 5.41) is 10.0. The molecule has 0 aliphatic carbocycles. The number of hydrogen-bond donors (Lipinski definition) is 2. The van der Waals surface area contributed by atoms with Gasteiger partial charge < -0.3 is 15.2 Å². The molecule has 1 heterocycles. The van der Waals surface area contributed by atoms with Gasteiger partial charge in [-0.25, -0.2) is 4.39 Å². The minimum Gasteiger partial charge on any atom is -0.400 e. The molecule has 1 unspecified atom stereocenters. The molecule has 1 aliphatic heterocycles. The number of carbonyl (C=O) groups is 1. The topological polar surface area (TPSA) is 74.0 Å². The fourth-order valence-electron chi connectivity index (χ4n) is 1.88. The van der Waals surface area contributed by atoms with Crippen LogP contribution in [0.5, 0.6) is 0 Å². The molecule has 2 rings (SSSR count). The van der Waals surface area contributed by atoms with Crippen LogP contribution in [0.4, 0.5) is 10.1 Å². The smallest absolute Gasteiger partial charge is 0.124 e. The first-order valence-corrected chi connectivity index (χ1v) is 6.74. The number of rotatable bonds is 1. The van der Waals surface area contributed by atoms with E-state index in [4.69, 9.17) is 5.11 Å². The molecule has 0 saturated carbocycles. The van der Waals surface area contributed by atoms with Crippen molar-refractivity contribution in [2.45, 2.75) is 12.8 Å². The summed E-state index contributed by atoms with van der Waals surface area (Å²) in [4.78, 5) is 19.3.